The first-order valence-corrected chi connectivity index (χ1v) is 11.7. The van der Waals surface area contributed by atoms with Gasteiger partial charge in [0.05, 0.1) is 13.2 Å². The lowest BCUT2D eigenvalue weighted by Crippen LogP contribution is -2.60. The zero-order chi connectivity index (χ0) is 19.7. The molecule has 1 aliphatic carbocycles. The SMILES string of the molecule is CC1CCN(CCCCNC(=O)NCC2(N3CCOCC3)CCCCC2)CC1. The fourth-order valence-electron chi connectivity index (χ4n) is 5.11. The second kappa shape index (κ2) is 11.4. The van der Waals surface area contributed by atoms with E-state index in [9.17, 15) is 4.79 Å². The van der Waals surface area contributed by atoms with Gasteiger partial charge < -0.3 is 20.3 Å². The van der Waals surface area contributed by atoms with E-state index in [0.717, 1.165) is 51.7 Å². The van der Waals surface area contributed by atoms with Gasteiger partial charge >= 0.3 is 6.03 Å². The van der Waals surface area contributed by atoms with Gasteiger partial charge in [0.1, 0.15) is 0 Å². The summed E-state index contributed by atoms with van der Waals surface area (Å²) in [5.41, 5.74) is 0.144. The van der Waals surface area contributed by atoms with Crippen molar-refractivity contribution in [2.24, 2.45) is 5.92 Å². The van der Waals surface area contributed by atoms with Crippen LogP contribution in [0.3, 0.4) is 0 Å². The molecule has 6 nitrogen and oxygen atoms in total. The smallest absolute Gasteiger partial charge is 0.314 e. The maximum Gasteiger partial charge on any atom is 0.314 e. The van der Waals surface area contributed by atoms with Crippen molar-refractivity contribution in [3.63, 3.8) is 0 Å². The van der Waals surface area contributed by atoms with Gasteiger partial charge in [-0.1, -0.05) is 26.2 Å². The van der Waals surface area contributed by atoms with E-state index in [1.54, 1.807) is 0 Å². The molecule has 0 aromatic heterocycles. The van der Waals surface area contributed by atoms with E-state index in [2.05, 4.69) is 27.4 Å². The van der Waals surface area contributed by atoms with Crippen LogP contribution in [0.25, 0.3) is 0 Å². The first-order valence-electron chi connectivity index (χ1n) is 11.7. The minimum absolute atomic E-state index is 0.00463. The van der Waals surface area contributed by atoms with Gasteiger partial charge in [0.15, 0.2) is 0 Å². The highest BCUT2D eigenvalue weighted by Crippen LogP contribution is 2.33. The number of unbranched alkanes of at least 4 members (excludes halogenated alkanes) is 1. The van der Waals surface area contributed by atoms with Crippen LogP contribution in [0.5, 0.6) is 0 Å². The fourth-order valence-corrected chi connectivity index (χ4v) is 5.11. The Bertz CT molecular complexity index is 453. The molecule has 0 bridgehead atoms. The average Bonchev–Trinajstić information content (AvgIpc) is 2.75. The van der Waals surface area contributed by atoms with E-state index in [-0.39, 0.29) is 11.6 Å². The Labute approximate surface area is 171 Å². The fraction of sp³-hybridized carbons (Fsp3) is 0.955. The summed E-state index contributed by atoms with van der Waals surface area (Å²) in [4.78, 5) is 17.5. The van der Waals surface area contributed by atoms with Crippen molar-refractivity contribution in [2.45, 2.75) is 70.3 Å². The highest BCUT2D eigenvalue weighted by Gasteiger charge is 2.38. The Morgan fingerprint density at radius 2 is 1.71 bits per heavy atom. The molecule has 2 heterocycles. The van der Waals surface area contributed by atoms with Crippen LogP contribution in [0, 0.1) is 5.92 Å². The van der Waals surface area contributed by atoms with Gasteiger partial charge in [0, 0.05) is 31.7 Å². The van der Waals surface area contributed by atoms with Crippen molar-refractivity contribution in [1.82, 2.24) is 20.4 Å². The highest BCUT2D eigenvalue weighted by atomic mass is 16.5. The van der Waals surface area contributed by atoms with Crippen LogP contribution in [0.4, 0.5) is 4.79 Å². The van der Waals surface area contributed by atoms with Crippen molar-refractivity contribution in [3.05, 3.63) is 0 Å². The number of ether oxygens (including phenoxy) is 1. The normalized spacial score (nSPS) is 24.8. The molecular weight excluding hydrogens is 352 g/mol. The molecule has 0 spiro atoms. The molecule has 162 valence electrons. The number of amides is 2. The number of hydrogen-bond acceptors (Lipinski definition) is 4. The van der Waals surface area contributed by atoms with Crippen LogP contribution in [0.2, 0.25) is 0 Å². The number of morpholine rings is 1. The van der Waals surface area contributed by atoms with Crippen LogP contribution in [-0.2, 0) is 4.74 Å². The van der Waals surface area contributed by atoms with Crippen LogP contribution >= 0.6 is 0 Å². The average molecular weight is 395 g/mol. The maximum atomic E-state index is 12.3. The highest BCUT2D eigenvalue weighted by molar-refractivity contribution is 5.73. The van der Waals surface area contributed by atoms with Crippen LogP contribution in [-0.4, -0.2) is 80.4 Å². The number of carbonyl (C=O) groups excluding carboxylic acids is 1. The van der Waals surface area contributed by atoms with Gasteiger partial charge in [-0.2, -0.15) is 0 Å². The largest absolute Gasteiger partial charge is 0.379 e. The van der Waals surface area contributed by atoms with Crippen molar-refractivity contribution >= 4 is 6.03 Å². The van der Waals surface area contributed by atoms with E-state index < -0.39 is 0 Å². The van der Waals surface area contributed by atoms with Crippen molar-refractivity contribution in [1.29, 1.82) is 0 Å². The molecule has 0 atom stereocenters. The second-order valence-electron chi connectivity index (χ2n) is 9.23. The summed E-state index contributed by atoms with van der Waals surface area (Å²) in [6.07, 6.45) is 11.2. The third-order valence-electron chi connectivity index (χ3n) is 7.11. The lowest BCUT2D eigenvalue weighted by Gasteiger charge is -2.48. The van der Waals surface area contributed by atoms with Crippen molar-refractivity contribution in [3.8, 4) is 0 Å². The summed E-state index contributed by atoms with van der Waals surface area (Å²) in [6.45, 7) is 11.2. The van der Waals surface area contributed by atoms with Gasteiger partial charge in [-0.25, -0.2) is 4.79 Å². The number of carbonyl (C=O) groups is 1. The van der Waals surface area contributed by atoms with E-state index in [0.29, 0.717) is 0 Å². The third-order valence-corrected chi connectivity index (χ3v) is 7.11. The molecule has 0 radical (unpaired) electrons. The lowest BCUT2D eigenvalue weighted by atomic mass is 9.80. The molecule has 2 aliphatic heterocycles. The van der Waals surface area contributed by atoms with Gasteiger partial charge in [-0.05, 0) is 64.1 Å². The zero-order valence-corrected chi connectivity index (χ0v) is 18.0. The zero-order valence-electron chi connectivity index (χ0n) is 18.0. The summed E-state index contributed by atoms with van der Waals surface area (Å²) in [7, 11) is 0. The standard InChI is InChI=1S/C22H42N4O2/c1-20-7-13-25(14-8-20)12-6-5-11-23-21(27)24-19-22(9-3-2-4-10-22)26-15-17-28-18-16-26/h20H,2-19H2,1H3,(H2,23,24,27). The molecule has 0 aromatic rings. The molecule has 0 aromatic carbocycles. The number of nitrogens with zero attached hydrogens (tertiary/aromatic N) is 2. The Hall–Kier alpha value is -0.850. The van der Waals surface area contributed by atoms with Crippen molar-refractivity contribution in [2.75, 3.05) is 59.0 Å². The monoisotopic (exact) mass is 394 g/mol. The van der Waals surface area contributed by atoms with Gasteiger partial charge in [-0.15, -0.1) is 0 Å². The van der Waals surface area contributed by atoms with Gasteiger partial charge in [-0.3, -0.25) is 4.90 Å². The summed E-state index contributed by atoms with van der Waals surface area (Å²) in [5, 5.41) is 6.27. The third kappa shape index (κ3) is 6.60. The molecule has 1 saturated carbocycles. The van der Waals surface area contributed by atoms with E-state index >= 15 is 0 Å². The molecule has 2 saturated heterocycles. The van der Waals surface area contributed by atoms with E-state index in [1.165, 1.54) is 71.0 Å². The molecule has 3 rings (SSSR count). The quantitative estimate of drug-likeness (QED) is 0.622. The van der Waals surface area contributed by atoms with Crippen LogP contribution in [0.1, 0.15) is 64.7 Å². The predicted molar refractivity (Wildman–Crippen MR) is 114 cm³/mol. The first-order chi connectivity index (χ1) is 13.7. The molecular formula is C22H42N4O2. The number of rotatable bonds is 8. The van der Waals surface area contributed by atoms with E-state index in [4.69, 9.17) is 4.74 Å². The molecule has 28 heavy (non-hydrogen) atoms. The molecule has 2 N–H and O–H groups in total. The first kappa shape index (κ1) is 21.8. The Morgan fingerprint density at radius 3 is 2.43 bits per heavy atom. The molecule has 6 heteroatoms. The minimum Gasteiger partial charge on any atom is -0.379 e. The number of urea groups is 1. The Balaban J connectivity index is 1.31. The number of piperidine rings is 1. The van der Waals surface area contributed by atoms with Gasteiger partial charge in [0.25, 0.3) is 0 Å². The minimum atomic E-state index is 0.00463. The molecule has 0 unspecified atom stereocenters. The maximum absolute atomic E-state index is 12.3. The number of hydrogen-bond donors (Lipinski definition) is 2. The summed E-state index contributed by atoms with van der Waals surface area (Å²) in [5.74, 6) is 0.895. The summed E-state index contributed by atoms with van der Waals surface area (Å²) < 4.78 is 5.54. The Morgan fingerprint density at radius 1 is 1.00 bits per heavy atom. The van der Waals surface area contributed by atoms with Gasteiger partial charge in [0.2, 0.25) is 0 Å². The van der Waals surface area contributed by atoms with Crippen molar-refractivity contribution < 1.29 is 9.53 Å². The number of nitrogens with one attached hydrogen (secondary N) is 2. The molecule has 3 fully saturated rings. The second-order valence-corrected chi connectivity index (χ2v) is 9.23. The predicted octanol–water partition coefficient (Wildman–Crippen LogP) is 2.83. The molecule has 2 amide bonds. The topological polar surface area (TPSA) is 56.8 Å². The Kier molecular flexibility index (Phi) is 8.87. The summed E-state index contributed by atoms with van der Waals surface area (Å²) in [6, 6.07) is 0.00463. The molecule has 3 aliphatic rings. The number of likely N-dealkylation sites (tertiary alicyclic amines) is 1. The van der Waals surface area contributed by atoms with Crippen LogP contribution in [0.15, 0.2) is 0 Å². The van der Waals surface area contributed by atoms with Crippen LogP contribution < -0.4 is 10.6 Å². The lowest BCUT2D eigenvalue weighted by molar-refractivity contribution is -0.0357. The summed E-state index contributed by atoms with van der Waals surface area (Å²) >= 11 is 0. The van der Waals surface area contributed by atoms with E-state index in [1.807, 2.05) is 0 Å².